The van der Waals surface area contributed by atoms with Gasteiger partial charge in [0, 0.05) is 30.3 Å². The molecule has 0 unspecified atom stereocenters. The van der Waals surface area contributed by atoms with Gasteiger partial charge in [-0.3, -0.25) is 19.7 Å². The maximum Gasteiger partial charge on any atom is 0.291 e. The molecule has 150 valence electrons. The molecule has 1 aromatic heterocycles. The summed E-state index contributed by atoms with van der Waals surface area (Å²) in [7, 11) is 0. The quantitative estimate of drug-likeness (QED) is 0.367. The number of rotatable bonds is 5. The normalized spacial score (nSPS) is 12.5. The van der Waals surface area contributed by atoms with Gasteiger partial charge in [-0.25, -0.2) is 9.37 Å². The largest absolute Gasteiger partial charge is 0.334 e. The molecular formula is C22H16FN3O4. The fraction of sp³-hybridized carbons (Fsp3) is 0.136. The summed E-state index contributed by atoms with van der Waals surface area (Å²) in [5, 5.41) is 11.4. The van der Waals surface area contributed by atoms with Gasteiger partial charge >= 0.3 is 0 Å². The van der Waals surface area contributed by atoms with Gasteiger partial charge in [0.25, 0.3) is 5.69 Å². The first kappa shape index (κ1) is 19.4. The van der Waals surface area contributed by atoms with Gasteiger partial charge in [-0.05, 0) is 47.5 Å². The van der Waals surface area contributed by atoms with E-state index in [9.17, 15) is 24.1 Å². The maximum absolute atomic E-state index is 13.2. The lowest BCUT2D eigenvalue weighted by molar-refractivity contribution is -0.385. The number of pyridine rings is 1. The second-order valence-corrected chi connectivity index (χ2v) is 7.00. The van der Waals surface area contributed by atoms with Crippen LogP contribution >= 0.6 is 0 Å². The van der Waals surface area contributed by atoms with Gasteiger partial charge in [0.15, 0.2) is 0 Å². The number of carbonyl (C=O) groups is 2. The number of carbonyl (C=O) groups excluding carboxylic acids is 2. The van der Waals surface area contributed by atoms with Gasteiger partial charge in [-0.2, -0.15) is 0 Å². The Bertz CT molecular complexity index is 1160. The van der Waals surface area contributed by atoms with Crippen molar-refractivity contribution in [1.82, 2.24) is 9.88 Å². The lowest BCUT2D eigenvalue weighted by Gasteiger charge is -2.15. The number of halogens is 1. The number of hydrogen-bond donors (Lipinski definition) is 0. The van der Waals surface area contributed by atoms with Crippen molar-refractivity contribution >= 4 is 17.9 Å². The van der Waals surface area contributed by atoms with E-state index in [2.05, 4.69) is 4.98 Å². The summed E-state index contributed by atoms with van der Waals surface area (Å²) >= 11 is 0. The van der Waals surface area contributed by atoms with Gasteiger partial charge in [0.2, 0.25) is 5.91 Å². The fourth-order valence-electron chi connectivity index (χ4n) is 3.49. The molecule has 1 aliphatic heterocycles. The number of aldehydes is 1. The fourth-order valence-corrected chi connectivity index (χ4v) is 3.49. The molecule has 0 saturated heterocycles. The van der Waals surface area contributed by atoms with Crippen LogP contribution < -0.4 is 0 Å². The topological polar surface area (TPSA) is 93.4 Å². The summed E-state index contributed by atoms with van der Waals surface area (Å²) in [6, 6.07) is 13.6. The van der Waals surface area contributed by atoms with Crippen LogP contribution in [0.25, 0.3) is 11.3 Å². The minimum Gasteiger partial charge on any atom is -0.334 e. The molecule has 0 spiro atoms. The summed E-state index contributed by atoms with van der Waals surface area (Å²) in [5.74, 6) is -0.701. The van der Waals surface area contributed by atoms with Gasteiger partial charge < -0.3 is 4.90 Å². The number of hydrogen-bond acceptors (Lipinski definition) is 5. The zero-order valence-electron chi connectivity index (χ0n) is 15.7. The van der Waals surface area contributed by atoms with Gasteiger partial charge in [-0.15, -0.1) is 0 Å². The molecule has 0 saturated carbocycles. The number of fused-ring (bicyclic) bond motifs is 1. The van der Waals surface area contributed by atoms with E-state index in [4.69, 9.17) is 0 Å². The van der Waals surface area contributed by atoms with Crippen LogP contribution in [0.4, 0.5) is 10.1 Å². The standard InChI is InChI=1S/C22H16FN3O4/c23-18-5-3-15(4-6-18)19-7-8-21(26(29)30)20(24-19)10-22(28)25-11-16-2-1-14(13-27)9-17(16)12-25/h1-9,13H,10-12H2. The highest BCUT2D eigenvalue weighted by Gasteiger charge is 2.27. The Kier molecular flexibility index (Phi) is 5.05. The monoisotopic (exact) mass is 405 g/mol. The van der Waals surface area contributed by atoms with E-state index in [0.717, 1.165) is 17.4 Å². The molecule has 0 radical (unpaired) electrons. The van der Waals surface area contributed by atoms with E-state index in [1.54, 1.807) is 17.0 Å². The molecule has 0 fully saturated rings. The van der Waals surface area contributed by atoms with Crippen LogP contribution in [-0.4, -0.2) is 27.0 Å². The maximum atomic E-state index is 13.2. The molecule has 3 aromatic rings. The Hall–Kier alpha value is -3.94. The average molecular weight is 405 g/mol. The highest BCUT2D eigenvalue weighted by atomic mass is 19.1. The highest BCUT2D eigenvalue weighted by molar-refractivity contribution is 5.81. The Balaban J connectivity index is 1.59. The van der Waals surface area contributed by atoms with Crippen molar-refractivity contribution in [1.29, 1.82) is 0 Å². The summed E-state index contributed by atoms with van der Waals surface area (Å²) in [4.78, 5) is 40.6. The van der Waals surface area contributed by atoms with Crippen molar-refractivity contribution < 1.29 is 18.9 Å². The molecule has 2 heterocycles. The van der Waals surface area contributed by atoms with E-state index in [-0.39, 0.29) is 23.7 Å². The zero-order chi connectivity index (χ0) is 21.3. The number of benzene rings is 2. The Labute approximate surface area is 170 Å². The molecule has 0 bridgehead atoms. The van der Waals surface area contributed by atoms with Crippen LogP contribution in [0, 0.1) is 15.9 Å². The molecule has 7 nitrogen and oxygen atoms in total. The van der Waals surface area contributed by atoms with E-state index < -0.39 is 10.7 Å². The molecule has 0 N–H and O–H groups in total. The van der Waals surface area contributed by atoms with Crippen LogP contribution in [0.2, 0.25) is 0 Å². The van der Waals surface area contributed by atoms with Crippen molar-refractivity contribution in [2.75, 3.05) is 0 Å². The third kappa shape index (κ3) is 3.80. The molecule has 2 aromatic carbocycles. The lowest BCUT2D eigenvalue weighted by Crippen LogP contribution is -2.27. The van der Waals surface area contributed by atoms with Gasteiger partial charge in [-0.1, -0.05) is 12.1 Å². The molecule has 0 atom stereocenters. The van der Waals surface area contributed by atoms with Crippen LogP contribution in [0.5, 0.6) is 0 Å². The SMILES string of the molecule is O=Cc1ccc2c(c1)CN(C(=O)Cc1nc(-c3ccc(F)cc3)ccc1[N+](=O)[O-])C2. The molecule has 0 aliphatic carbocycles. The summed E-state index contributed by atoms with van der Waals surface area (Å²) < 4.78 is 13.2. The van der Waals surface area contributed by atoms with E-state index >= 15 is 0 Å². The van der Waals surface area contributed by atoms with Crippen LogP contribution in [-0.2, 0) is 24.3 Å². The third-order valence-electron chi connectivity index (χ3n) is 5.05. The zero-order valence-corrected chi connectivity index (χ0v) is 15.7. The third-order valence-corrected chi connectivity index (χ3v) is 5.05. The molecule has 4 rings (SSSR count). The summed E-state index contributed by atoms with van der Waals surface area (Å²) in [5.41, 5.74) is 3.18. The molecule has 1 amide bonds. The van der Waals surface area contributed by atoms with Crippen molar-refractivity contribution in [3.63, 3.8) is 0 Å². The average Bonchev–Trinajstić information content (AvgIpc) is 3.17. The number of nitro groups is 1. The van der Waals surface area contributed by atoms with Gasteiger partial charge in [0.1, 0.15) is 17.8 Å². The second-order valence-electron chi connectivity index (χ2n) is 7.00. The Morgan fingerprint density at radius 3 is 2.53 bits per heavy atom. The predicted octanol–water partition coefficient (Wildman–Crippen LogP) is 3.69. The van der Waals surface area contributed by atoms with Gasteiger partial charge in [0.05, 0.1) is 17.0 Å². The minimum absolute atomic E-state index is 0.0522. The Morgan fingerprint density at radius 1 is 1.10 bits per heavy atom. The summed E-state index contributed by atoms with van der Waals surface area (Å²) in [6.45, 7) is 0.708. The van der Waals surface area contributed by atoms with Crippen molar-refractivity contribution in [2.45, 2.75) is 19.5 Å². The van der Waals surface area contributed by atoms with Crippen LogP contribution in [0.3, 0.4) is 0 Å². The second kappa shape index (κ2) is 7.82. The van der Waals surface area contributed by atoms with Crippen molar-refractivity contribution in [2.24, 2.45) is 0 Å². The molecule has 8 heteroatoms. The van der Waals surface area contributed by atoms with Crippen molar-refractivity contribution in [3.8, 4) is 11.3 Å². The molecule has 30 heavy (non-hydrogen) atoms. The predicted molar refractivity (Wildman–Crippen MR) is 106 cm³/mol. The number of amides is 1. The summed E-state index contributed by atoms with van der Waals surface area (Å²) in [6.07, 6.45) is 0.513. The number of aromatic nitrogens is 1. The molecule has 1 aliphatic rings. The van der Waals surface area contributed by atoms with E-state index in [1.165, 1.54) is 36.4 Å². The van der Waals surface area contributed by atoms with E-state index in [0.29, 0.717) is 29.9 Å². The minimum atomic E-state index is -0.570. The Morgan fingerprint density at radius 2 is 1.83 bits per heavy atom. The number of nitrogens with zero attached hydrogens (tertiary/aromatic N) is 3. The first-order valence-electron chi connectivity index (χ1n) is 9.19. The highest BCUT2D eigenvalue weighted by Crippen LogP contribution is 2.27. The lowest BCUT2D eigenvalue weighted by atomic mass is 10.1. The van der Waals surface area contributed by atoms with E-state index in [1.807, 2.05) is 6.07 Å². The first-order chi connectivity index (χ1) is 14.4. The molecular weight excluding hydrogens is 389 g/mol. The smallest absolute Gasteiger partial charge is 0.291 e. The van der Waals surface area contributed by atoms with Crippen LogP contribution in [0.1, 0.15) is 27.2 Å². The van der Waals surface area contributed by atoms with Crippen molar-refractivity contribution in [3.05, 3.63) is 92.9 Å². The first-order valence-corrected chi connectivity index (χ1v) is 9.19. The van der Waals surface area contributed by atoms with Crippen LogP contribution in [0.15, 0.2) is 54.6 Å².